The molecule has 0 bridgehead atoms. The van der Waals surface area contributed by atoms with Crippen molar-refractivity contribution in [3.8, 4) is 11.1 Å². The molecular formula is C14H13NO2S. The number of benzene rings is 2. The maximum atomic E-state index is 11.4. The fourth-order valence-electron chi connectivity index (χ4n) is 2.67. The average Bonchev–Trinajstić information content (AvgIpc) is 2.64. The number of hydrogen-bond acceptors (Lipinski definition) is 2. The molecular weight excluding hydrogens is 246 g/mol. The summed E-state index contributed by atoms with van der Waals surface area (Å²) < 4.78 is 22.8. The first kappa shape index (κ1) is 11.4. The molecule has 0 spiro atoms. The topological polar surface area (TPSA) is 60.2 Å². The van der Waals surface area contributed by atoms with Gasteiger partial charge < -0.3 is 0 Å². The standard InChI is InChI=1S/C14H13NO2S/c15-18(16,17)9-14-12-7-3-1-5-10(12)11-6-2-4-8-13(11)14/h1-8,14H,9H2,(H2,15,16,17). The number of rotatable bonds is 2. The van der Waals surface area contributed by atoms with Crippen LogP contribution in [0.4, 0.5) is 0 Å². The maximum absolute atomic E-state index is 11.4. The Kier molecular flexibility index (Phi) is 2.50. The highest BCUT2D eigenvalue weighted by Gasteiger charge is 2.30. The van der Waals surface area contributed by atoms with Crippen LogP contribution in [0, 0.1) is 0 Å². The van der Waals surface area contributed by atoms with Crippen LogP contribution in [-0.2, 0) is 10.0 Å². The summed E-state index contributed by atoms with van der Waals surface area (Å²) >= 11 is 0. The molecule has 2 aromatic carbocycles. The summed E-state index contributed by atoms with van der Waals surface area (Å²) in [6.07, 6.45) is 0. The van der Waals surface area contributed by atoms with Crippen molar-refractivity contribution < 1.29 is 8.42 Å². The van der Waals surface area contributed by atoms with E-state index in [1.54, 1.807) is 0 Å². The van der Waals surface area contributed by atoms with Crippen LogP contribution >= 0.6 is 0 Å². The second-order valence-electron chi connectivity index (χ2n) is 4.56. The van der Waals surface area contributed by atoms with Gasteiger partial charge in [0.2, 0.25) is 10.0 Å². The van der Waals surface area contributed by atoms with Gasteiger partial charge in [-0.15, -0.1) is 0 Å². The molecule has 2 aromatic rings. The van der Waals surface area contributed by atoms with Crippen molar-refractivity contribution in [2.75, 3.05) is 5.75 Å². The van der Waals surface area contributed by atoms with Gasteiger partial charge in [0.15, 0.2) is 0 Å². The first-order chi connectivity index (χ1) is 8.56. The third kappa shape index (κ3) is 1.83. The van der Waals surface area contributed by atoms with E-state index in [-0.39, 0.29) is 11.7 Å². The molecule has 1 aliphatic rings. The van der Waals surface area contributed by atoms with E-state index in [1.165, 1.54) is 0 Å². The highest BCUT2D eigenvalue weighted by Crippen LogP contribution is 2.44. The van der Waals surface area contributed by atoms with Crippen molar-refractivity contribution in [3.05, 3.63) is 59.7 Å². The van der Waals surface area contributed by atoms with Crippen molar-refractivity contribution in [3.63, 3.8) is 0 Å². The van der Waals surface area contributed by atoms with Crippen molar-refractivity contribution in [1.82, 2.24) is 0 Å². The summed E-state index contributed by atoms with van der Waals surface area (Å²) in [5.41, 5.74) is 4.32. The summed E-state index contributed by atoms with van der Waals surface area (Å²) in [6, 6.07) is 15.8. The zero-order chi connectivity index (χ0) is 12.8. The minimum atomic E-state index is -3.49. The third-order valence-corrected chi connectivity index (χ3v) is 4.16. The van der Waals surface area contributed by atoms with Crippen molar-refractivity contribution in [2.45, 2.75) is 5.92 Å². The lowest BCUT2D eigenvalue weighted by atomic mass is 9.99. The van der Waals surface area contributed by atoms with Gasteiger partial charge in [-0.25, -0.2) is 13.6 Å². The first-order valence-electron chi connectivity index (χ1n) is 5.75. The largest absolute Gasteiger partial charge is 0.229 e. The number of fused-ring (bicyclic) bond motifs is 3. The molecule has 4 heteroatoms. The average molecular weight is 259 g/mol. The van der Waals surface area contributed by atoms with Gasteiger partial charge in [0, 0.05) is 5.92 Å². The van der Waals surface area contributed by atoms with Gasteiger partial charge >= 0.3 is 0 Å². The molecule has 3 nitrogen and oxygen atoms in total. The van der Waals surface area contributed by atoms with Crippen molar-refractivity contribution in [2.24, 2.45) is 5.14 Å². The lowest BCUT2D eigenvalue weighted by molar-refractivity contribution is 0.594. The summed E-state index contributed by atoms with van der Waals surface area (Å²) in [6.45, 7) is 0. The molecule has 0 saturated heterocycles. The van der Waals surface area contributed by atoms with Crippen LogP contribution in [0.5, 0.6) is 0 Å². The molecule has 0 atom stereocenters. The van der Waals surface area contributed by atoms with Gasteiger partial charge in [-0.05, 0) is 22.3 Å². The molecule has 18 heavy (non-hydrogen) atoms. The SMILES string of the molecule is NS(=O)(=O)CC1c2ccccc2-c2ccccc21. The Hall–Kier alpha value is -1.65. The van der Waals surface area contributed by atoms with E-state index in [9.17, 15) is 8.42 Å². The summed E-state index contributed by atoms with van der Waals surface area (Å²) in [4.78, 5) is 0. The van der Waals surface area contributed by atoms with Gasteiger partial charge in [-0.2, -0.15) is 0 Å². The zero-order valence-corrected chi connectivity index (χ0v) is 10.5. The number of nitrogens with two attached hydrogens (primary N) is 1. The van der Waals surface area contributed by atoms with Crippen molar-refractivity contribution in [1.29, 1.82) is 0 Å². The Morgan fingerprint density at radius 3 is 1.78 bits per heavy atom. The Balaban J connectivity index is 2.21. The molecule has 0 fully saturated rings. The van der Waals surface area contributed by atoms with E-state index in [2.05, 4.69) is 0 Å². The molecule has 2 N–H and O–H groups in total. The molecule has 3 rings (SSSR count). The van der Waals surface area contributed by atoms with E-state index in [1.807, 2.05) is 48.5 Å². The number of sulfonamides is 1. The van der Waals surface area contributed by atoms with Crippen LogP contribution < -0.4 is 5.14 Å². The summed E-state index contributed by atoms with van der Waals surface area (Å²) in [7, 11) is -3.49. The molecule has 0 heterocycles. The third-order valence-electron chi connectivity index (χ3n) is 3.36. The fourth-order valence-corrected chi connectivity index (χ4v) is 3.50. The zero-order valence-electron chi connectivity index (χ0n) is 9.71. The number of hydrogen-bond donors (Lipinski definition) is 1. The lowest BCUT2D eigenvalue weighted by Gasteiger charge is -2.11. The predicted molar refractivity (Wildman–Crippen MR) is 71.7 cm³/mol. The Morgan fingerprint density at radius 1 is 0.889 bits per heavy atom. The van der Waals surface area contributed by atoms with Gasteiger partial charge in [0.05, 0.1) is 5.75 Å². The van der Waals surface area contributed by atoms with Crippen LogP contribution in [-0.4, -0.2) is 14.2 Å². The van der Waals surface area contributed by atoms with Gasteiger partial charge in [0.1, 0.15) is 0 Å². The molecule has 0 amide bonds. The second kappa shape index (κ2) is 3.93. The van der Waals surface area contributed by atoms with Gasteiger partial charge in [0.25, 0.3) is 0 Å². The molecule has 0 aromatic heterocycles. The monoisotopic (exact) mass is 259 g/mol. The smallest absolute Gasteiger partial charge is 0.210 e. The van der Waals surface area contributed by atoms with E-state index >= 15 is 0 Å². The Labute approximate surface area is 106 Å². The normalized spacial score (nSPS) is 14.3. The number of primary sulfonamides is 1. The van der Waals surface area contributed by atoms with Gasteiger partial charge in [-0.1, -0.05) is 48.5 Å². The minimum absolute atomic E-state index is 0.0406. The fraction of sp³-hybridized carbons (Fsp3) is 0.143. The Morgan fingerprint density at radius 2 is 1.33 bits per heavy atom. The van der Waals surface area contributed by atoms with Crippen LogP contribution in [0.2, 0.25) is 0 Å². The van der Waals surface area contributed by atoms with Crippen LogP contribution in [0.25, 0.3) is 11.1 Å². The Bertz CT molecular complexity index is 662. The van der Waals surface area contributed by atoms with Crippen molar-refractivity contribution >= 4 is 10.0 Å². The lowest BCUT2D eigenvalue weighted by Crippen LogP contribution is -2.21. The second-order valence-corrected chi connectivity index (χ2v) is 6.22. The van der Waals surface area contributed by atoms with Crippen LogP contribution in [0.1, 0.15) is 17.0 Å². The quantitative estimate of drug-likeness (QED) is 0.897. The highest BCUT2D eigenvalue weighted by molar-refractivity contribution is 7.89. The molecule has 0 saturated carbocycles. The molecule has 92 valence electrons. The van der Waals surface area contributed by atoms with E-state index < -0.39 is 10.0 Å². The maximum Gasteiger partial charge on any atom is 0.210 e. The van der Waals surface area contributed by atoms with E-state index in [0.29, 0.717) is 0 Å². The first-order valence-corrected chi connectivity index (χ1v) is 7.46. The van der Waals surface area contributed by atoms with Crippen LogP contribution in [0.3, 0.4) is 0 Å². The molecule has 0 radical (unpaired) electrons. The van der Waals surface area contributed by atoms with E-state index in [4.69, 9.17) is 5.14 Å². The molecule has 1 aliphatic carbocycles. The summed E-state index contributed by atoms with van der Waals surface area (Å²) in [5, 5.41) is 5.20. The minimum Gasteiger partial charge on any atom is -0.229 e. The van der Waals surface area contributed by atoms with E-state index in [0.717, 1.165) is 22.3 Å². The van der Waals surface area contributed by atoms with Gasteiger partial charge in [-0.3, -0.25) is 0 Å². The molecule has 0 aliphatic heterocycles. The summed E-state index contributed by atoms with van der Waals surface area (Å²) in [5.74, 6) is -0.187. The highest BCUT2D eigenvalue weighted by atomic mass is 32.2. The molecule has 0 unspecified atom stereocenters. The predicted octanol–water partition coefficient (Wildman–Crippen LogP) is 2.09. The van der Waals surface area contributed by atoms with Crippen LogP contribution in [0.15, 0.2) is 48.5 Å².